The van der Waals surface area contributed by atoms with Crippen molar-refractivity contribution in [1.29, 1.82) is 0 Å². The Morgan fingerprint density at radius 3 is 2.79 bits per heavy atom. The summed E-state index contributed by atoms with van der Waals surface area (Å²) in [7, 11) is -3.65. The highest BCUT2D eigenvalue weighted by Gasteiger charge is 2.25. The number of carbonyl (C=O) groups excluding carboxylic acids is 1. The summed E-state index contributed by atoms with van der Waals surface area (Å²) in [4.78, 5) is 11.2. The predicted octanol–water partition coefficient (Wildman–Crippen LogP) is 0.134. The average Bonchev–Trinajstić information content (AvgIpc) is 2.72. The Kier molecular flexibility index (Phi) is 3.77. The van der Waals surface area contributed by atoms with E-state index in [1.807, 2.05) is 0 Å². The van der Waals surface area contributed by atoms with Crippen molar-refractivity contribution < 1.29 is 13.2 Å². The molecule has 1 atom stereocenters. The van der Waals surface area contributed by atoms with Crippen molar-refractivity contribution in [3.8, 4) is 0 Å². The quantitative estimate of drug-likeness (QED) is 0.684. The third-order valence-electron chi connectivity index (χ3n) is 3.12. The number of benzene rings is 1. The lowest BCUT2D eigenvalue weighted by molar-refractivity contribution is -0.119. The second kappa shape index (κ2) is 5.18. The Labute approximate surface area is 112 Å². The van der Waals surface area contributed by atoms with Crippen LogP contribution in [-0.4, -0.2) is 26.9 Å². The van der Waals surface area contributed by atoms with Crippen molar-refractivity contribution in [3.63, 3.8) is 0 Å². The Bertz CT molecular complexity index is 578. The van der Waals surface area contributed by atoms with Gasteiger partial charge in [-0.1, -0.05) is 12.1 Å². The number of hydrogen-bond donors (Lipinski definition) is 3. The zero-order valence-corrected chi connectivity index (χ0v) is 11.5. The van der Waals surface area contributed by atoms with E-state index in [1.54, 1.807) is 25.1 Å². The smallest absolute Gasteiger partial charge is 0.242 e. The first-order valence-electron chi connectivity index (χ1n) is 6.04. The van der Waals surface area contributed by atoms with Crippen LogP contribution in [-0.2, 0) is 14.8 Å². The van der Waals surface area contributed by atoms with Crippen LogP contribution >= 0.6 is 0 Å². The molecule has 19 heavy (non-hydrogen) atoms. The third-order valence-corrected chi connectivity index (χ3v) is 4.76. The zero-order chi connectivity index (χ0) is 14.0. The number of amides is 1. The summed E-state index contributed by atoms with van der Waals surface area (Å²) in [5.41, 5.74) is 6.55. The predicted molar refractivity (Wildman–Crippen MR) is 71.9 cm³/mol. The average molecular weight is 283 g/mol. The minimum Gasteiger partial charge on any atom is -0.398 e. The number of anilines is 1. The van der Waals surface area contributed by atoms with E-state index in [9.17, 15) is 13.2 Å². The molecule has 1 aliphatic rings. The van der Waals surface area contributed by atoms with Gasteiger partial charge in [0, 0.05) is 19.0 Å². The molecule has 0 aromatic heterocycles. The highest BCUT2D eigenvalue weighted by molar-refractivity contribution is 7.89. The highest BCUT2D eigenvalue weighted by Crippen LogP contribution is 2.22. The first-order valence-corrected chi connectivity index (χ1v) is 7.52. The van der Waals surface area contributed by atoms with Crippen LogP contribution in [0, 0.1) is 6.92 Å². The summed E-state index contributed by atoms with van der Waals surface area (Å²) in [6.07, 6.45) is 1.09. The number of sulfonamides is 1. The van der Waals surface area contributed by atoms with Crippen LogP contribution in [0.25, 0.3) is 0 Å². The number of nitrogen functional groups attached to an aromatic ring is 1. The van der Waals surface area contributed by atoms with E-state index in [0.29, 0.717) is 18.4 Å². The molecule has 1 unspecified atom stereocenters. The van der Waals surface area contributed by atoms with E-state index < -0.39 is 10.0 Å². The van der Waals surface area contributed by atoms with Crippen LogP contribution in [0.3, 0.4) is 0 Å². The molecule has 1 aliphatic heterocycles. The summed E-state index contributed by atoms with van der Waals surface area (Å²) in [5, 5.41) is 2.71. The largest absolute Gasteiger partial charge is 0.398 e. The van der Waals surface area contributed by atoms with Crippen molar-refractivity contribution in [2.75, 3.05) is 12.3 Å². The minimum atomic E-state index is -3.65. The molecule has 104 valence electrons. The van der Waals surface area contributed by atoms with Gasteiger partial charge in [0.25, 0.3) is 0 Å². The van der Waals surface area contributed by atoms with Gasteiger partial charge in [-0.15, -0.1) is 0 Å². The van der Waals surface area contributed by atoms with Gasteiger partial charge in [-0.25, -0.2) is 13.1 Å². The van der Waals surface area contributed by atoms with Gasteiger partial charge in [0.15, 0.2) is 0 Å². The fraction of sp³-hybridized carbons (Fsp3) is 0.417. The Morgan fingerprint density at radius 1 is 1.47 bits per heavy atom. The van der Waals surface area contributed by atoms with Crippen LogP contribution in [0.2, 0.25) is 0 Å². The molecule has 0 bridgehead atoms. The molecule has 1 amide bonds. The van der Waals surface area contributed by atoms with Gasteiger partial charge < -0.3 is 11.1 Å². The van der Waals surface area contributed by atoms with Gasteiger partial charge in [0.2, 0.25) is 15.9 Å². The summed E-state index contributed by atoms with van der Waals surface area (Å²) in [6.45, 7) is 1.88. The molecule has 0 radical (unpaired) electrons. The second-order valence-electron chi connectivity index (χ2n) is 4.65. The lowest BCUT2D eigenvalue weighted by atomic mass is 10.2. The van der Waals surface area contributed by atoms with Crippen LogP contribution < -0.4 is 15.8 Å². The maximum absolute atomic E-state index is 12.2. The van der Waals surface area contributed by atoms with Crippen molar-refractivity contribution >= 4 is 21.6 Å². The fourth-order valence-corrected chi connectivity index (χ4v) is 3.59. The molecule has 1 aromatic carbocycles. The first-order chi connectivity index (χ1) is 8.90. The molecular weight excluding hydrogens is 266 g/mol. The first kappa shape index (κ1) is 13.8. The molecule has 1 fully saturated rings. The lowest BCUT2D eigenvalue weighted by Crippen LogP contribution is -2.38. The molecule has 6 nitrogen and oxygen atoms in total. The van der Waals surface area contributed by atoms with Gasteiger partial charge in [-0.3, -0.25) is 4.79 Å². The van der Waals surface area contributed by atoms with E-state index in [1.165, 1.54) is 0 Å². The van der Waals surface area contributed by atoms with Crippen LogP contribution in [0.5, 0.6) is 0 Å². The van der Waals surface area contributed by atoms with Crippen LogP contribution in [0.4, 0.5) is 5.69 Å². The summed E-state index contributed by atoms with van der Waals surface area (Å²) in [6, 6.07) is 4.81. The topological polar surface area (TPSA) is 101 Å². The van der Waals surface area contributed by atoms with E-state index >= 15 is 0 Å². The van der Waals surface area contributed by atoms with Crippen LogP contribution in [0.1, 0.15) is 18.4 Å². The van der Waals surface area contributed by atoms with Gasteiger partial charge >= 0.3 is 0 Å². The Hall–Kier alpha value is -1.60. The summed E-state index contributed by atoms with van der Waals surface area (Å²) >= 11 is 0. The summed E-state index contributed by atoms with van der Waals surface area (Å²) in [5.74, 6) is -0.0420. The second-order valence-corrected chi connectivity index (χ2v) is 6.35. The Morgan fingerprint density at radius 2 is 2.21 bits per heavy atom. The zero-order valence-electron chi connectivity index (χ0n) is 10.6. The van der Waals surface area contributed by atoms with E-state index in [-0.39, 0.29) is 29.1 Å². The third kappa shape index (κ3) is 3.05. The van der Waals surface area contributed by atoms with E-state index in [2.05, 4.69) is 10.0 Å². The molecule has 0 saturated carbocycles. The molecule has 1 aromatic rings. The number of carbonyl (C=O) groups is 1. The van der Waals surface area contributed by atoms with E-state index in [4.69, 9.17) is 5.73 Å². The Balaban J connectivity index is 2.12. The lowest BCUT2D eigenvalue weighted by Gasteiger charge is -2.14. The van der Waals surface area contributed by atoms with Gasteiger partial charge in [0.05, 0.1) is 5.69 Å². The van der Waals surface area contributed by atoms with Crippen molar-refractivity contribution in [2.24, 2.45) is 0 Å². The number of rotatable bonds is 4. The SMILES string of the molecule is Cc1cccc(N)c1S(=O)(=O)NCC1CCC(=O)N1. The molecule has 2 rings (SSSR count). The minimum absolute atomic E-state index is 0.0420. The van der Waals surface area contributed by atoms with Gasteiger partial charge in [0.1, 0.15) is 4.90 Å². The molecule has 0 spiro atoms. The van der Waals surface area contributed by atoms with Crippen LogP contribution in [0.15, 0.2) is 23.1 Å². The number of aryl methyl sites for hydroxylation is 1. The fourth-order valence-electron chi connectivity index (χ4n) is 2.16. The monoisotopic (exact) mass is 283 g/mol. The standard InChI is InChI=1S/C12H17N3O3S/c1-8-3-2-4-10(13)12(8)19(17,18)14-7-9-5-6-11(16)15-9/h2-4,9,14H,5-7,13H2,1H3,(H,15,16). The number of nitrogens with two attached hydrogens (primary N) is 1. The highest BCUT2D eigenvalue weighted by atomic mass is 32.2. The molecule has 0 aliphatic carbocycles. The molecule has 1 saturated heterocycles. The summed E-state index contributed by atoms with van der Waals surface area (Å²) < 4.78 is 26.9. The normalized spacial score (nSPS) is 19.4. The maximum atomic E-state index is 12.2. The van der Waals surface area contributed by atoms with Crippen molar-refractivity contribution in [2.45, 2.75) is 30.7 Å². The molecule has 4 N–H and O–H groups in total. The number of nitrogens with one attached hydrogen (secondary N) is 2. The maximum Gasteiger partial charge on any atom is 0.242 e. The molecule has 1 heterocycles. The van der Waals surface area contributed by atoms with Crippen molar-refractivity contribution in [3.05, 3.63) is 23.8 Å². The number of hydrogen-bond acceptors (Lipinski definition) is 4. The molecular formula is C12H17N3O3S. The van der Waals surface area contributed by atoms with Gasteiger partial charge in [-0.05, 0) is 25.0 Å². The van der Waals surface area contributed by atoms with E-state index in [0.717, 1.165) is 0 Å². The molecule has 7 heteroatoms. The van der Waals surface area contributed by atoms with Crippen molar-refractivity contribution in [1.82, 2.24) is 10.0 Å². The van der Waals surface area contributed by atoms with Gasteiger partial charge in [-0.2, -0.15) is 0 Å².